The molecule has 7 heteroatoms. The second-order valence-corrected chi connectivity index (χ2v) is 5.79. The minimum absolute atomic E-state index is 0.147. The van der Waals surface area contributed by atoms with Crippen molar-refractivity contribution in [3.05, 3.63) is 83.3 Å². The molecule has 3 aromatic rings. The lowest BCUT2D eigenvalue weighted by molar-refractivity contribution is 0.261. The van der Waals surface area contributed by atoms with E-state index in [1.807, 2.05) is 0 Å². The van der Waals surface area contributed by atoms with Crippen LogP contribution in [0, 0.1) is 5.82 Å². The third kappa shape index (κ3) is 4.94. The molecule has 0 saturated heterocycles. The Morgan fingerprint density at radius 2 is 1.92 bits per heavy atom. The monoisotopic (exact) mass is 371 g/mol. The van der Waals surface area contributed by atoms with Crippen LogP contribution in [0.15, 0.2) is 66.9 Å². The number of nitrogens with zero attached hydrogens (tertiary/aromatic N) is 1. The second-order valence-electron chi connectivity index (χ2n) is 5.36. The molecule has 3 rings (SSSR count). The third-order valence-corrected chi connectivity index (χ3v) is 3.60. The number of aromatic nitrogens is 1. The van der Waals surface area contributed by atoms with E-state index in [0.717, 1.165) is 0 Å². The van der Waals surface area contributed by atoms with Crippen molar-refractivity contribution in [1.29, 1.82) is 0 Å². The lowest BCUT2D eigenvalue weighted by Gasteiger charge is -2.12. The van der Waals surface area contributed by atoms with Gasteiger partial charge in [-0.25, -0.2) is 14.2 Å². The number of ether oxygens (including phenoxy) is 1. The van der Waals surface area contributed by atoms with Gasteiger partial charge in [0.1, 0.15) is 12.4 Å². The summed E-state index contributed by atoms with van der Waals surface area (Å²) in [5.74, 6) is 0.290. The molecule has 0 fully saturated rings. The maximum atomic E-state index is 13.2. The lowest BCUT2D eigenvalue weighted by atomic mass is 10.2. The molecular weight excluding hydrogens is 357 g/mol. The Labute approximate surface area is 154 Å². The molecule has 0 saturated carbocycles. The Morgan fingerprint density at radius 3 is 2.73 bits per heavy atom. The average molecular weight is 372 g/mol. The first kappa shape index (κ1) is 17.7. The Hall–Kier alpha value is -3.12. The summed E-state index contributed by atoms with van der Waals surface area (Å²) in [7, 11) is 0. The molecule has 26 heavy (non-hydrogen) atoms. The van der Waals surface area contributed by atoms with Crippen molar-refractivity contribution < 1.29 is 13.9 Å². The van der Waals surface area contributed by atoms with Gasteiger partial charge in [-0.1, -0.05) is 29.8 Å². The van der Waals surface area contributed by atoms with E-state index in [-0.39, 0.29) is 18.2 Å². The van der Waals surface area contributed by atoms with Gasteiger partial charge in [-0.15, -0.1) is 0 Å². The number of hydrogen-bond donors (Lipinski definition) is 2. The van der Waals surface area contributed by atoms with E-state index in [9.17, 15) is 9.18 Å². The number of benzene rings is 2. The van der Waals surface area contributed by atoms with Gasteiger partial charge >= 0.3 is 6.03 Å². The van der Waals surface area contributed by atoms with Crippen LogP contribution in [0.25, 0.3) is 0 Å². The van der Waals surface area contributed by atoms with Crippen molar-refractivity contribution in [2.24, 2.45) is 0 Å². The molecule has 2 aromatic carbocycles. The molecule has 1 aromatic heterocycles. The number of amides is 2. The highest BCUT2D eigenvalue weighted by atomic mass is 35.5. The van der Waals surface area contributed by atoms with Crippen molar-refractivity contribution in [3.63, 3.8) is 0 Å². The van der Waals surface area contributed by atoms with Gasteiger partial charge in [-0.05, 0) is 48.0 Å². The summed E-state index contributed by atoms with van der Waals surface area (Å²) in [4.78, 5) is 16.3. The summed E-state index contributed by atoms with van der Waals surface area (Å²) < 4.78 is 18.9. The molecule has 132 valence electrons. The molecule has 2 N–H and O–H groups in total. The van der Waals surface area contributed by atoms with E-state index in [1.54, 1.807) is 48.5 Å². The van der Waals surface area contributed by atoms with Crippen LogP contribution in [0.5, 0.6) is 5.75 Å². The van der Waals surface area contributed by atoms with E-state index < -0.39 is 6.03 Å². The highest BCUT2D eigenvalue weighted by Gasteiger charge is 2.10. The van der Waals surface area contributed by atoms with Crippen LogP contribution in [-0.2, 0) is 6.61 Å². The maximum absolute atomic E-state index is 13.2. The Balaban J connectivity index is 1.65. The number of halogens is 2. The molecule has 0 aliphatic carbocycles. The fraction of sp³-hybridized carbons (Fsp3) is 0.0526. The third-order valence-electron chi connectivity index (χ3n) is 3.37. The number of carbonyl (C=O) groups excluding carboxylic acids is 1. The summed E-state index contributed by atoms with van der Waals surface area (Å²) in [5.41, 5.74) is 1.22. The molecule has 0 atom stereocenters. The molecule has 0 unspecified atom stereocenters. The molecule has 0 aliphatic heterocycles. The molecule has 0 aliphatic rings. The van der Waals surface area contributed by atoms with Crippen molar-refractivity contribution in [1.82, 2.24) is 4.98 Å². The standard InChI is InChI=1S/C19H15ClFN3O2/c20-14-5-2-7-16(11-14)23-19(25)24-18-17(8-3-9-22-18)26-12-13-4-1-6-15(21)10-13/h1-11H,12H2,(H2,22,23,24,25). The van der Waals surface area contributed by atoms with Gasteiger partial charge in [0.05, 0.1) is 0 Å². The van der Waals surface area contributed by atoms with Crippen LogP contribution in [0.3, 0.4) is 0 Å². The van der Waals surface area contributed by atoms with E-state index in [2.05, 4.69) is 15.6 Å². The normalized spacial score (nSPS) is 10.2. The molecule has 2 amide bonds. The van der Waals surface area contributed by atoms with Gasteiger partial charge in [0.2, 0.25) is 0 Å². The topological polar surface area (TPSA) is 63.2 Å². The van der Waals surface area contributed by atoms with E-state index in [0.29, 0.717) is 22.0 Å². The first-order valence-corrected chi connectivity index (χ1v) is 8.14. The first-order chi connectivity index (χ1) is 12.6. The molecule has 0 bridgehead atoms. The van der Waals surface area contributed by atoms with Crippen molar-refractivity contribution in [3.8, 4) is 5.75 Å². The number of hydrogen-bond acceptors (Lipinski definition) is 3. The number of carbonyl (C=O) groups is 1. The van der Waals surface area contributed by atoms with Crippen LogP contribution >= 0.6 is 11.6 Å². The fourth-order valence-corrected chi connectivity index (χ4v) is 2.42. The summed E-state index contributed by atoms with van der Waals surface area (Å²) in [6.07, 6.45) is 1.53. The van der Waals surface area contributed by atoms with Gasteiger partial charge in [0, 0.05) is 16.9 Å². The van der Waals surface area contributed by atoms with Gasteiger partial charge in [-0.2, -0.15) is 0 Å². The minimum atomic E-state index is -0.485. The molecule has 0 radical (unpaired) electrons. The van der Waals surface area contributed by atoms with Crippen molar-refractivity contribution in [2.75, 3.05) is 10.6 Å². The van der Waals surface area contributed by atoms with E-state index in [1.165, 1.54) is 18.3 Å². The van der Waals surface area contributed by atoms with Gasteiger partial charge in [0.25, 0.3) is 0 Å². The van der Waals surface area contributed by atoms with E-state index >= 15 is 0 Å². The number of nitrogens with one attached hydrogen (secondary N) is 2. The summed E-state index contributed by atoms with van der Waals surface area (Å²) in [6, 6.07) is 15.7. The zero-order valence-electron chi connectivity index (χ0n) is 13.6. The quantitative estimate of drug-likeness (QED) is 0.656. The average Bonchev–Trinajstić information content (AvgIpc) is 2.61. The molecule has 1 heterocycles. The largest absolute Gasteiger partial charge is 0.485 e. The van der Waals surface area contributed by atoms with Crippen molar-refractivity contribution in [2.45, 2.75) is 6.61 Å². The number of anilines is 2. The Kier molecular flexibility index (Phi) is 5.66. The molecule has 5 nitrogen and oxygen atoms in total. The Bertz CT molecular complexity index is 921. The summed E-state index contributed by atoms with van der Waals surface area (Å²) in [5, 5.41) is 5.80. The number of urea groups is 1. The van der Waals surface area contributed by atoms with Crippen LogP contribution in [0.4, 0.5) is 20.7 Å². The maximum Gasteiger partial charge on any atom is 0.324 e. The number of rotatable bonds is 5. The second kappa shape index (κ2) is 8.31. The fourth-order valence-electron chi connectivity index (χ4n) is 2.22. The minimum Gasteiger partial charge on any atom is -0.485 e. The van der Waals surface area contributed by atoms with Crippen LogP contribution in [0.2, 0.25) is 5.02 Å². The highest BCUT2D eigenvalue weighted by molar-refractivity contribution is 6.30. The van der Waals surface area contributed by atoms with Gasteiger partial charge in [-0.3, -0.25) is 5.32 Å². The van der Waals surface area contributed by atoms with Gasteiger partial charge in [0.15, 0.2) is 11.6 Å². The summed E-state index contributed by atoms with van der Waals surface area (Å²) in [6.45, 7) is 0.147. The zero-order valence-corrected chi connectivity index (χ0v) is 14.3. The Morgan fingerprint density at radius 1 is 1.08 bits per heavy atom. The van der Waals surface area contributed by atoms with Crippen LogP contribution < -0.4 is 15.4 Å². The predicted molar refractivity (Wildman–Crippen MR) is 99.1 cm³/mol. The zero-order chi connectivity index (χ0) is 18.4. The first-order valence-electron chi connectivity index (χ1n) is 7.76. The van der Waals surface area contributed by atoms with E-state index in [4.69, 9.17) is 16.3 Å². The van der Waals surface area contributed by atoms with Crippen molar-refractivity contribution >= 4 is 29.1 Å². The SMILES string of the molecule is O=C(Nc1cccc(Cl)c1)Nc1ncccc1OCc1cccc(F)c1. The predicted octanol–water partition coefficient (Wildman–Crippen LogP) is 5.10. The summed E-state index contributed by atoms with van der Waals surface area (Å²) >= 11 is 5.89. The highest BCUT2D eigenvalue weighted by Crippen LogP contribution is 2.23. The van der Waals surface area contributed by atoms with Crippen LogP contribution in [0.1, 0.15) is 5.56 Å². The van der Waals surface area contributed by atoms with Gasteiger partial charge < -0.3 is 10.1 Å². The lowest BCUT2D eigenvalue weighted by Crippen LogP contribution is -2.20. The smallest absolute Gasteiger partial charge is 0.324 e. The molecular formula is C19H15ClFN3O2. The molecule has 0 spiro atoms. The van der Waals surface area contributed by atoms with Crippen LogP contribution in [-0.4, -0.2) is 11.0 Å². The number of pyridine rings is 1.